The number of fused-ring (bicyclic) bond motifs is 1. The predicted octanol–water partition coefficient (Wildman–Crippen LogP) is 5.69. The minimum atomic E-state index is -4.82. The number of carbonyl (C=O) groups is 4. The van der Waals surface area contributed by atoms with Gasteiger partial charge in [0.15, 0.2) is 11.5 Å². The second-order valence-corrected chi connectivity index (χ2v) is 13.7. The molecule has 286 valence electrons. The van der Waals surface area contributed by atoms with Crippen molar-refractivity contribution in [1.29, 1.82) is 0 Å². The third-order valence-electron chi connectivity index (χ3n) is 8.17. The van der Waals surface area contributed by atoms with Gasteiger partial charge in [0.1, 0.15) is 6.10 Å². The molecule has 2 amide bonds. The number of nitrogens with one attached hydrogen (secondary N) is 2. The van der Waals surface area contributed by atoms with Gasteiger partial charge in [0.25, 0.3) is 5.91 Å². The highest BCUT2D eigenvalue weighted by molar-refractivity contribution is 7.93. The Morgan fingerprint density at radius 3 is 2.25 bits per heavy atom. The fourth-order valence-electron chi connectivity index (χ4n) is 5.97. The second kappa shape index (κ2) is 20.7. The Hall–Kier alpha value is -3.32. The standard InChI is InChI=1S/C31H41F3N6O5.2CH4OS/c1-30(2)16-23-27(24(41)17-30)28(31(32,33)34)39-40(23)19-8-11-21(29(36)44)22(15-19)38-18-6-9-20(10-7-18)45-26(43)12-14-37-25(42)5-3-4-13-35;2*1-3-2/h8,11,15,18,20,38H,3-7,9-10,12-14,16-17,35H2,1-2H3,(H2,36,44)(H,37,42);2*2H,1H3. The van der Waals surface area contributed by atoms with Crippen molar-refractivity contribution in [2.45, 2.75) is 96.4 Å². The molecular formula is C33H49F3N6O7S2. The lowest BCUT2D eigenvalue weighted by molar-refractivity contribution is -0.150. The maximum atomic E-state index is 13.9. The Bertz CT molecular complexity index is 1480. The molecule has 1 aromatic carbocycles. The molecule has 13 nitrogen and oxygen atoms in total. The first-order chi connectivity index (χ1) is 24.0. The number of halogens is 3. The summed E-state index contributed by atoms with van der Waals surface area (Å²) in [5, 5.41) is 9.84. The molecule has 1 heterocycles. The zero-order valence-corrected chi connectivity index (χ0v) is 30.9. The van der Waals surface area contributed by atoms with Crippen LogP contribution >= 0.6 is 24.1 Å². The molecule has 8 N–H and O–H groups in total. The van der Waals surface area contributed by atoms with E-state index in [9.17, 15) is 32.3 Å². The topological polar surface area (TPSA) is 212 Å². The number of rotatable bonds is 12. The van der Waals surface area contributed by atoms with Crippen LogP contribution in [0.2, 0.25) is 0 Å². The number of unbranched alkanes of at least 4 members (excludes halogenated alkanes) is 1. The van der Waals surface area contributed by atoms with Crippen LogP contribution < -0.4 is 22.1 Å². The number of aromatic nitrogens is 2. The summed E-state index contributed by atoms with van der Waals surface area (Å²) in [6.07, 6.45) is 2.44. The molecule has 2 aromatic rings. The van der Waals surface area contributed by atoms with E-state index in [0.717, 1.165) is 35.2 Å². The number of hydrogen-bond donors (Lipinski definition) is 6. The summed E-state index contributed by atoms with van der Waals surface area (Å²) in [6, 6.07) is 4.29. The molecule has 51 heavy (non-hydrogen) atoms. The molecule has 1 aromatic heterocycles. The van der Waals surface area contributed by atoms with Crippen molar-refractivity contribution in [3.63, 3.8) is 0 Å². The van der Waals surface area contributed by atoms with Crippen LogP contribution in [0.15, 0.2) is 18.2 Å². The fourth-order valence-corrected chi connectivity index (χ4v) is 5.97. The summed E-state index contributed by atoms with van der Waals surface area (Å²) in [6.45, 7) is 4.36. The summed E-state index contributed by atoms with van der Waals surface area (Å²) < 4.78 is 63.5. The summed E-state index contributed by atoms with van der Waals surface area (Å²) in [5.74, 6) is -1.85. The number of ketones is 1. The lowest BCUT2D eigenvalue weighted by Crippen LogP contribution is -2.33. The van der Waals surface area contributed by atoms with E-state index in [2.05, 4.69) is 15.7 Å². The Morgan fingerprint density at radius 2 is 1.69 bits per heavy atom. The number of nitrogens with two attached hydrogens (primary N) is 2. The molecule has 1 fully saturated rings. The van der Waals surface area contributed by atoms with Crippen molar-refractivity contribution in [2.24, 2.45) is 16.9 Å². The van der Waals surface area contributed by atoms with E-state index in [0.29, 0.717) is 50.8 Å². The van der Waals surface area contributed by atoms with E-state index in [1.165, 1.54) is 18.2 Å². The molecule has 2 aliphatic rings. The molecule has 0 atom stereocenters. The van der Waals surface area contributed by atoms with Gasteiger partial charge in [-0.1, -0.05) is 13.8 Å². The summed E-state index contributed by atoms with van der Waals surface area (Å²) in [7, 11) is 0. The molecule has 1 saturated carbocycles. The number of esters is 1. The van der Waals surface area contributed by atoms with Gasteiger partial charge in [-0.05, 0) is 99.2 Å². The maximum Gasteiger partial charge on any atom is 0.435 e. The van der Waals surface area contributed by atoms with E-state index in [4.69, 9.17) is 25.3 Å². The Balaban J connectivity index is 0.00000140. The summed E-state index contributed by atoms with van der Waals surface area (Å²) >= 11 is 1.50. The summed E-state index contributed by atoms with van der Waals surface area (Å²) in [4.78, 5) is 49.1. The number of carbonyl (C=O) groups excluding carboxylic acids is 4. The van der Waals surface area contributed by atoms with Crippen molar-refractivity contribution in [3.05, 3.63) is 40.7 Å². The van der Waals surface area contributed by atoms with E-state index in [-0.39, 0.29) is 60.8 Å². The highest BCUT2D eigenvalue weighted by Crippen LogP contribution is 2.42. The van der Waals surface area contributed by atoms with Crippen molar-refractivity contribution in [2.75, 3.05) is 30.9 Å². The highest BCUT2D eigenvalue weighted by Gasteiger charge is 2.45. The number of benzene rings is 1. The second-order valence-electron chi connectivity index (χ2n) is 12.9. The molecule has 0 bridgehead atoms. The smallest absolute Gasteiger partial charge is 0.435 e. The number of nitrogens with zero attached hydrogens (tertiary/aromatic N) is 2. The molecule has 0 radical (unpaired) electrons. The van der Waals surface area contributed by atoms with Crippen LogP contribution in [0.25, 0.3) is 5.69 Å². The SMILES string of the molecule is CC1(C)CC(=O)c2c(C(F)(F)F)nn(-c3ccc(C(N)=O)c(NC4CCC(OC(=O)CCNC(=O)CCCCN)CC4)c3)c2C1.CSO.CSO. The predicted molar refractivity (Wildman–Crippen MR) is 192 cm³/mol. The van der Waals surface area contributed by atoms with Crippen LogP contribution in [0.4, 0.5) is 18.9 Å². The van der Waals surface area contributed by atoms with Gasteiger partial charge < -0.3 is 35.9 Å². The number of primary amides is 1. The lowest BCUT2D eigenvalue weighted by Gasteiger charge is -2.30. The first-order valence-corrected chi connectivity index (χ1v) is 18.8. The van der Waals surface area contributed by atoms with Crippen LogP contribution in [-0.2, 0) is 26.9 Å². The molecule has 0 spiro atoms. The van der Waals surface area contributed by atoms with Gasteiger partial charge >= 0.3 is 12.1 Å². The Kier molecular flexibility index (Phi) is 17.8. The van der Waals surface area contributed by atoms with Gasteiger partial charge in [-0.15, -0.1) is 0 Å². The average Bonchev–Trinajstić information content (AvgIpc) is 3.42. The first kappa shape index (κ1) is 43.8. The van der Waals surface area contributed by atoms with Crippen molar-refractivity contribution < 1.29 is 46.2 Å². The van der Waals surface area contributed by atoms with Crippen LogP contribution in [-0.4, -0.2) is 80.2 Å². The fraction of sp³-hybridized carbons (Fsp3) is 0.606. The van der Waals surface area contributed by atoms with E-state index in [1.54, 1.807) is 12.5 Å². The highest BCUT2D eigenvalue weighted by atomic mass is 32.2. The van der Waals surface area contributed by atoms with Gasteiger partial charge in [-0.3, -0.25) is 19.2 Å². The summed E-state index contributed by atoms with van der Waals surface area (Å²) in [5.41, 5.74) is 9.78. The molecule has 0 saturated heterocycles. The molecular weight excluding hydrogens is 714 g/mol. The Morgan fingerprint density at radius 1 is 1.06 bits per heavy atom. The van der Waals surface area contributed by atoms with E-state index < -0.39 is 40.5 Å². The average molecular weight is 763 g/mol. The van der Waals surface area contributed by atoms with Gasteiger partial charge in [0, 0.05) is 43.6 Å². The normalized spacial score (nSPS) is 17.9. The van der Waals surface area contributed by atoms with Crippen LogP contribution in [0, 0.1) is 5.41 Å². The van der Waals surface area contributed by atoms with E-state index in [1.807, 2.05) is 13.8 Å². The molecule has 2 aliphatic carbocycles. The number of anilines is 1. The molecule has 4 rings (SSSR count). The third kappa shape index (κ3) is 13.6. The third-order valence-corrected chi connectivity index (χ3v) is 8.17. The van der Waals surface area contributed by atoms with Crippen LogP contribution in [0.3, 0.4) is 0 Å². The largest absolute Gasteiger partial charge is 0.462 e. The van der Waals surface area contributed by atoms with Gasteiger partial charge in [0.05, 0.1) is 28.9 Å². The van der Waals surface area contributed by atoms with E-state index >= 15 is 0 Å². The van der Waals surface area contributed by atoms with Crippen molar-refractivity contribution >= 4 is 53.3 Å². The molecule has 0 unspecified atom stereocenters. The Labute approximate surface area is 304 Å². The zero-order chi connectivity index (χ0) is 38.4. The first-order valence-electron chi connectivity index (χ1n) is 16.5. The van der Waals surface area contributed by atoms with Crippen molar-refractivity contribution in [1.82, 2.24) is 15.1 Å². The number of ether oxygens (including phenoxy) is 1. The molecule has 18 heteroatoms. The number of hydrogen-bond acceptors (Lipinski definition) is 12. The zero-order valence-electron chi connectivity index (χ0n) is 29.3. The molecule has 0 aliphatic heterocycles. The monoisotopic (exact) mass is 762 g/mol. The minimum Gasteiger partial charge on any atom is -0.462 e. The van der Waals surface area contributed by atoms with Crippen LogP contribution in [0.1, 0.15) is 104 Å². The van der Waals surface area contributed by atoms with Gasteiger partial charge in [0.2, 0.25) is 5.91 Å². The van der Waals surface area contributed by atoms with Gasteiger partial charge in [-0.25, -0.2) is 4.68 Å². The minimum absolute atomic E-state index is 0.0215. The van der Waals surface area contributed by atoms with Crippen molar-refractivity contribution in [3.8, 4) is 5.69 Å². The maximum absolute atomic E-state index is 13.9. The number of Topliss-reactive ketones (excluding diaryl/α,β-unsaturated/α-hetero) is 1. The lowest BCUT2D eigenvalue weighted by atomic mass is 9.75. The van der Waals surface area contributed by atoms with Gasteiger partial charge in [-0.2, -0.15) is 18.3 Å². The van der Waals surface area contributed by atoms with Crippen LogP contribution in [0.5, 0.6) is 0 Å². The number of amides is 2. The number of alkyl halides is 3. The quantitative estimate of drug-likeness (QED) is 0.0875.